The summed E-state index contributed by atoms with van der Waals surface area (Å²) in [5.41, 5.74) is 0. The van der Waals surface area contributed by atoms with Crippen molar-refractivity contribution in [3.05, 3.63) is 12.0 Å². The lowest BCUT2D eigenvalue weighted by Gasteiger charge is -2.25. The van der Waals surface area contributed by atoms with Crippen molar-refractivity contribution in [1.82, 2.24) is 4.90 Å². The number of halogens is 1. The first-order valence-corrected chi connectivity index (χ1v) is 12.9. The molecule has 0 aromatic rings. The van der Waals surface area contributed by atoms with Gasteiger partial charge in [-0.05, 0) is 0 Å². The fraction of sp³-hybridized carbons (Fsp3) is 0.667. The number of urea groups is 1. The molecule has 0 radical (unpaired) electrons. The van der Waals surface area contributed by atoms with Crippen LogP contribution in [-0.4, -0.2) is 73.2 Å². The van der Waals surface area contributed by atoms with Gasteiger partial charge in [-0.1, -0.05) is 0 Å². The standard InChI is InChI=1S/C12H20FN2O14P3/c1-23-30(19,20)28-32(22,25-3)29-31(21,24-2)26-6-9-8(16)4-10(27-9)15-5-7(13)11(17)14-12(15)18/h5,8-10,16H,4,6H2,1-3H3,(H,19,20)(H,14,17,18)/p+1. The minimum atomic E-state index is -5.00. The predicted molar refractivity (Wildman–Crippen MR) is 96.8 cm³/mol. The number of nitrogens with zero attached hydrogens (tertiary/aromatic N) is 1. The molecular formula is C12H21FN2O14P3+. The second kappa shape index (κ2) is 10.6. The number of amides is 3. The lowest BCUT2D eigenvalue weighted by Crippen LogP contribution is -2.95. The van der Waals surface area contributed by atoms with Crippen LogP contribution in [0.1, 0.15) is 6.42 Å². The van der Waals surface area contributed by atoms with E-state index in [0.29, 0.717) is 11.5 Å². The number of imide groups is 1. The molecule has 0 aromatic carbocycles. The zero-order valence-electron chi connectivity index (χ0n) is 16.8. The van der Waals surface area contributed by atoms with E-state index in [4.69, 9.17) is 9.26 Å². The molecule has 1 saturated heterocycles. The van der Waals surface area contributed by atoms with E-state index in [2.05, 4.69) is 22.2 Å². The van der Waals surface area contributed by atoms with Crippen LogP contribution in [0.25, 0.3) is 0 Å². The summed E-state index contributed by atoms with van der Waals surface area (Å²) in [6.45, 7) is -0.732. The Morgan fingerprint density at radius 3 is 2.34 bits per heavy atom. The molecule has 0 aliphatic carbocycles. The average molecular weight is 529 g/mol. The van der Waals surface area contributed by atoms with Crippen LogP contribution in [0.15, 0.2) is 12.0 Å². The van der Waals surface area contributed by atoms with Crippen molar-refractivity contribution < 1.29 is 74.4 Å². The summed E-state index contributed by atoms with van der Waals surface area (Å²) in [5.74, 6) is -2.33. The SMILES string of the molecule is COP(=O)(O)OP(=O)(OC)OP(=O)(OC)OCC1OC(N2C=C(F)C(=O)[NH2+]C2=O)CC1O. The summed E-state index contributed by atoms with van der Waals surface area (Å²) in [6, 6.07) is -0.883. The number of rotatable bonds is 11. The number of hydrogen-bond acceptors (Lipinski definition) is 13. The highest BCUT2D eigenvalue weighted by molar-refractivity contribution is 7.67. The topological polar surface area (TPSA) is 210 Å². The molecule has 6 unspecified atom stereocenters. The fourth-order valence-corrected chi connectivity index (χ4v) is 6.47. The first-order valence-electron chi connectivity index (χ1n) is 8.46. The number of ether oxygens (including phenoxy) is 1. The van der Waals surface area contributed by atoms with E-state index in [1.54, 1.807) is 0 Å². The quantitative estimate of drug-likeness (QED) is 0.303. The molecule has 0 aromatic heterocycles. The monoisotopic (exact) mass is 529 g/mol. The van der Waals surface area contributed by atoms with Crippen LogP contribution in [-0.2, 0) is 49.9 Å². The molecule has 3 amide bonds. The summed E-state index contributed by atoms with van der Waals surface area (Å²) < 4.78 is 81.9. The van der Waals surface area contributed by atoms with E-state index in [1.807, 2.05) is 0 Å². The summed E-state index contributed by atoms with van der Waals surface area (Å²) >= 11 is 0. The Balaban J connectivity index is 2.05. The Labute approximate surface area is 180 Å². The lowest BCUT2D eigenvalue weighted by molar-refractivity contribution is -0.479. The van der Waals surface area contributed by atoms with Crippen molar-refractivity contribution in [2.24, 2.45) is 0 Å². The molecule has 6 atom stereocenters. The first kappa shape index (κ1) is 27.3. The highest BCUT2D eigenvalue weighted by Gasteiger charge is 2.47. The number of aliphatic hydroxyl groups is 1. The van der Waals surface area contributed by atoms with Gasteiger partial charge in [-0.15, -0.1) is 0 Å². The first-order chi connectivity index (χ1) is 14.8. The van der Waals surface area contributed by atoms with Gasteiger partial charge >= 0.3 is 35.4 Å². The molecule has 0 saturated carbocycles. The van der Waals surface area contributed by atoms with E-state index in [1.165, 1.54) is 0 Å². The van der Waals surface area contributed by atoms with Crippen LogP contribution < -0.4 is 5.32 Å². The van der Waals surface area contributed by atoms with E-state index in [-0.39, 0.29) is 6.42 Å². The third-order valence-electron chi connectivity index (χ3n) is 3.99. The molecule has 1 fully saturated rings. The molecule has 184 valence electrons. The lowest BCUT2D eigenvalue weighted by atomic mass is 10.2. The fourth-order valence-electron chi connectivity index (χ4n) is 2.40. The molecule has 4 N–H and O–H groups in total. The third kappa shape index (κ3) is 6.81. The molecule has 2 aliphatic heterocycles. The normalized spacial score (nSPS) is 29.9. The summed E-state index contributed by atoms with van der Waals surface area (Å²) in [5, 5.41) is 10.6. The van der Waals surface area contributed by atoms with Gasteiger partial charge < -0.3 is 14.7 Å². The van der Waals surface area contributed by atoms with Gasteiger partial charge in [-0.3, -0.25) is 18.1 Å². The second-order valence-corrected chi connectivity index (χ2v) is 11.4. The van der Waals surface area contributed by atoms with Crippen molar-refractivity contribution in [2.75, 3.05) is 27.9 Å². The van der Waals surface area contributed by atoms with Gasteiger partial charge in [0.2, 0.25) is 5.83 Å². The maximum absolute atomic E-state index is 13.5. The largest absolute Gasteiger partial charge is 0.492 e. The Hall–Kier alpha value is -0.900. The number of nitrogens with two attached hydrogens (primary N) is 1. The molecule has 2 rings (SSSR count). The Kier molecular flexibility index (Phi) is 9.03. The molecule has 0 bridgehead atoms. The average Bonchev–Trinajstić information content (AvgIpc) is 3.09. The van der Waals surface area contributed by atoms with Gasteiger partial charge in [0.1, 0.15) is 12.3 Å². The maximum Gasteiger partial charge on any atom is 0.492 e. The van der Waals surface area contributed by atoms with E-state index in [0.717, 1.165) is 26.2 Å². The molecule has 32 heavy (non-hydrogen) atoms. The Morgan fingerprint density at radius 2 is 1.78 bits per heavy atom. The van der Waals surface area contributed by atoms with Crippen LogP contribution in [0.4, 0.5) is 9.18 Å². The number of hydrogen-bond donors (Lipinski definition) is 3. The van der Waals surface area contributed by atoms with Gasteiger partial charge in [0.05, 0.1) is 18.9 Å². The van der Waals surface area contributed by atoms with Crippen molar-refractivity contribution >= 4 is 35.4 Å². The van der Waals surface area contributed by atoms with Crippen molar-refractivity contribution in [1.29, 1.82) is 0 Å². The number of carbonyl (C=O) groups excluding carboxylic acids is 2. The second-order valence-electron chi connectivity index (χ2n) is 6.03. The van der Waals surface area contributed by atoms with Crippen molar-refractivity contribution in [3.8, 4) is 0 Å². The minimum absolute atomic E-state index is 0.231. The summed E-state index contributed by atoms with van der Waals surface area (Å²) in [7, 11) is -12.4. The van der Waals surface area contributed by atoms with Crippen LogP contribution in [0.3, 0.4) is 0 Å². The summed E-state index contributed by atoms with van der Waals surface area (Å²) in [4.78, 5) is 33.1. The van der Waals surface area contributed by atoms with E-state index in [9.17, 15) is 37.7 Å². The summed E-state index contributed by atoms with van der Waals surface area (Å²) in [6.07, 6.45) is -3.39. The molecule has 20 heteroatoms. The van der Waals surface area contributed by atoms with Crippen LogP contribution in [0, 0.1) is 0 Å². The highest BCUT2D eigenvalue weighted by Crippen LogP contribution is 2.71. The van der Waals surface area contributed by atoms with Gasteiger partial charge in [-0.25, -0.2) is 28.2 Å². The van der Waals surface area contributed by atoms with Crippen LogP contribution in [0.5, 0.6) is 0 Å². The molecule has 16 nitrogen and oxygen atoms in total. The van der Waals surface area contributed by atoms with Gasteiger partial charge in [-0.2, -0.15) is 18.3 Å². The van der Waals surface area contributed by atoms with Crippen LogP contribution >= 0.6 is 23.5 Å². The number of quaternary nitrogens is 1. The maximum atomic E-state index is 13.5. The van der Waals surface area contributed by atoms with Crippen molar-refractivity contribution in [2.45, 2.75) is 24.9 Å². The highest BCUT2D eigenvalue weighted by atomic mass is 31.3. The van der Waals surface area contributed by atoms with Gasteiger partial charge in [0.25, 0.3) is 0 Å². The smallest absolute Gasteiger partial charge is 0.390 e. The number of phosphoric ester groups is 2. The minimum Gasteiger partial charge on any atom is -0.390 e. The molecular weight excluding hydrogens is 508 g/mol. The third-order valence-corrected chi connectivity index (χ3v) is 9.04. The zero-order chi connectivity index (χ0) is 24.3. The van der Waals surface area contributed by atoms with Crippen molar-refractivity contribution in [3.63, 3.8) is 0 Å². The predicted octanol–water partition coefficient (Wildman–Crippen LogP) is 0.104. The molecule has 2 heterocycles. The van der Waals surface area contributed by atoms with E-state index < -0.39 is 66.3 Å². The van der Waals surface area contributed by atoms with E-state index >= 15 is 0 Å². The number of carbonyl (C=O) groups is 2. The number of aliphatic hydroxyl groups excluding tert-OH is 1. The van der Waals surface area contributed by atoms with Gasteiger partial charge in [0.15, 0.2) is 0 Å². The zero-order valence-corrected chi connectivity index (χ0v) is 19.4. The number of phosphoric acid groups is 3. The Bertz CT molecular complexity index is 913. The molecule has 0 spiro atoms. The number of primary amides is 2. The Morgan fingerprint density at radius 1 is 1.16 bits per heavy atom. The molecule has 2 aliphatic rings. The van der Waals surface area contributed by atoms with Crippen LogP contribution in [0.2, 0.25) is 0 Å². The van der Waals surface area contributed by atoms with Gasteiger partial charge in [0, 0.05) is 27.8 Å².